The van der Waals surface area contributed by atoms with E-state index in [1.54, 1.807) is 22.5 Å². The number of anilines is 1. The Morgan fingerprint density at radius 3 is 2.59 bits per heavy atom. The first-order valence-corrected chi connectivity index (χ1v) is 14.4. The van der Waals surface area contributed by atoms with Crippen molar-refractivity contribution in [2.45, 2.75) is 63.5 Å². The zero-order valence-electron chi connectivity index (χ0n) is 22.2. The number of hydrogen-bond acceptors (Lipinski definition) is 5. The molecule has 2 aliphatic rings. The Morgan fingerprint density at radius 2 is 1.89 bits per heavy atom. The van der Waals surface area contributed by atoms with Crippen molar-refractivity contribution in [2.75, 3.05) is 38.1 Å². The van der Waals surface area contributed by atoms with Crippen LogP contribution in [0.4, 0.5) is 10.1 Å². The fraction of sp³-hybridized carbons (Fsp3) is 0.536. The van der Waals surface area contributed by atoms with Gasteiger partial charge in [0.1, 0.15) is 5.82 Å². The molecule has 37 heavy (non-hydrogen) atoms. The molecule has 4 rings (SSSR count). The predicted octanol–water partition coefficient (Wildman–Crippen LogP) is 4.35. The number of halogens is 1. The van der Waals surface area contributed by atoms with Crippen LogP contribution in [0.2, 0.25) is 0 Å². The molecule has 0 saturated carbocycles. The minimum atomic E-state index is -3.72. The van der Waals surface area contributed by atoms with Crippen molar-refractivity contribution in [1.29, 1.82) is 0 Å². The monoisotopic (exact) mass is 531 g/mol. The van der Waals surface area contributed by atoms with Gasteiger partial charge in [0.2, 0.25) is 15.9 Å². The Labute approximate surface area is 220 Å². The summed E-state index contributed by atoms with van der Waals surface area (Å²) in [6.45, 7) is 9.79. The van der Waals surface area contributed by atoms with E-state index in [0.29, 0.717) is 42.6 Å². The molecule has 202 valence electrons. The minimum absolute atomic E-state index is 0.126. The Bertz CT molecular complexity index is 1220. The van der Waals surface area contributed by atoms with Crippen molar-refractivity contribution in [1.82, 2.24) is 9.21 Å². The van der Waals surface area contributed by atoms with E-state index in [2.05, 4.69) is 19.2 Å². The SMILES string of the molecule is Cc1ccc(S(=O)(=O)N2C[C@@]3(CCCN(CC(=O)Nc4cc(F)ccc4C)C3)OC[C@@H]2CC(C)C)cc1. The Morgan fingerprint density at radius 1 is 1.16 bits per heavy atom. The lowest BCUT2D eigenvalue weighted by Gasteiger charge is -2.50. The van der Waals surface area contributed by atoms with Crippen LogP contribution in [0.1, 0.15) is 44.2 Å². The zero-order chi connectivity index (χ0) is 26.8. The van der Waals surface area contributed by atoms with Gasteiger partial charge in [0, 0.05) is 24.8 Å². The number of ether oxygens (including phenoxy) is 1. The van der Waals surface area contributed by atoms with Gasteiger partial charge in [0.05, 0.1) is 23.6 Å². The molecule has 1 spiro atoms. The molecule has 2 aliphatic heterocycles. The van der Waals surface area contributed by atoms with Gasteiger partial charge in [-0.3, -0.25) is 9.69 Å². The predicted molar refractivity (Wildman–Crippen MR) is 142 cm³/mol. The molecule has 0 bridgehead atoms. The van der Waals surface area contributed by atoms with Crippen LogP contribution in [0.5, 0.6) is 0 Å². The van der Waals surface area contributed by atoms with Gasteiger partial charge < -0.3 is 10.1 Å². The molecule has 1 amide bonds. The lowest BCUT2D eigenvalue weighted by atomic mass is 9.89. The van der Waals surface area contributed by atoms with Crippen LogP contribution >= 0.6 is 0 Å². The molecule has 9 heteroatoms. The summed E-state index contributed by atoms with van der Waals surface area (Å²) in [7, 11) is -3.72. The van der Waals surface area contributed by atoms with E-state index >= 15 is 0 Å². The van der Waals surface area contributed by atoms with E-state index in [1.807, 2.05) is 30.9 Å². The number of nitrogens with one attached hydrogen (secondary N) is 1. The van der Waals surface area contributed by atoms with Crippen molar-refractivity contribution in [3.8, 4) is 0 Å². The summed E-state index contributed by atoms with van der Waals surface area (Å²) in [5, 5.41) is 2.81. The maximum Gasteiger partial charge on any atom is 0.243 e. The summed E-state index contributed by atoms with van der Waals surface area (Å²) >= 11 is 0. The summed E-state index contributed by atoms with van der Waals surface area (Å²) in [4.78, 5) is 15.1. The number of aryl methyl sites for hydroxylation is 2. The topological polar surface area (TPSA) is 79.0 Å². The highest BCUT2D eigenvalue weighted by Crippen LogP contribution is 2.35. The van der Waals surface area contributed by atoms with Crippen LogP contribution in [0.15, 0.2) is 47.4 Å². The van der Waals surface area contributed by atoms with Gasteiger partial charge in [-0.1, -0.05) is 37.6 Å². The zero-order valence-corrected chi connectivity index (χ0v) is 23.0. The first-order chi connectivity index (χ1) is 17.5. The molecule has 2 aromatic rings. The first-order valence-electron chi connectivity index (χ1n) is 13.0. The summed E-state index contributed by atoms with van der Waals surface area (Å²) < 4.78 is 49.3. The minimum Gasteiger partial charge on any atom is -0.371 e. The lowest BCUT2D eigenvalue weighted by molar-refractivity contribution is -0.146. The molecule has 0 aliphatic carbocycles. The van der Waals surface area contributed by atoms with Crippen LogP contribution in [-0.4, -0.2) is 68.0 Å². The van der Waals surface area contributed by atoms with Crippen LogP contribution in [0.3, 0.4) is 0 Å². The number of morpholine rings is 1. The Kier molecular flexibility index (Phi) is 8.38. The third-order valence-corrected chi connectivity index (χ3v) is 9.18. The molecular weight excluding hydrogens is 493 g/mol. The third kappa shape index (κ3) is 6.57. The van der Waals surface area contributed by atoms with E-state index in [1.165, 1.54) is 12.1 Å². The molecule has 0 unspecified atom stereocenters. The number of piperidine rings is 1. The molecule has 2 saturated heterocycles. The average molecular weight is 532 g/mol. The Hall–Kier alpha value is -2.33. The van der Waals surface area contributed by atoms with Crippen LogP contribution in [0, 0.1) is 25.6 Å². The highest BCUT2D eigenvalue weighted by molar-refractivity contribution is 7.89. The molecule has 0 aromatic heterocycles. The molecule has 2 fully saturated rings. The van der Waals surface area contributed by atoms with Crippen molar-refractivity contribution in [3.05, 3.63) is 59.4 Å². The number of sulfonamides is 1. The van der Waals surface area contributed by atoms with E-state index in [9.17, 15) is 17.6 Å². The van der Waals surface area contributed by atoms with Crippen molar-refractivity contribution < 1.29 is 22.3 Å². The number of amides is 1. The molecule has 2 atom stereocenters. The molecular formula is C28H38FN3O4S. The fourth-order valence-electron chi connectivity index (χ4n) is 5.37. The Balaban J connectivity index is 1.51. The second kappa shape index (κ2) is 11.2. The molecule has 2 heterocycles. The van der Waals surface area contributed by atoms with E-state index < -0.39 is 21.4 Å². The summed E-state index contributed by atoms with van der Waals surface area (Å²) in [5.41, 5.74) is 1.57. The van der Waals surface area contributed by atoms with Gasteiger partial charge in [-0.2, -0.15) is 4.31 Å². The van der Waals surface area contributed by atoms with Gasteiger partial charge in [-0.25, -0.2) is 12.8 Å². The van der Waals surface area contributed by atoms with Crippen molar-refractivity contribution in [2.24, 2.45) is 5.92 Å². The molecule has 0 radical (unpaired) electrons. The number of rotatable bonds is 7. The standard InChI is InChI=1S/C28H38FN3O4S/c1-20(2)14-24-17-36-28(19-32(24)37(34,35)25-10-6-21(3)7-11-25)12-5-13-31(18-28)16-27(33)30-26-15-23(29)9-8-22(26)4/h6-11,15,20,24H,5,12-14,16-19H2,1-4H3,(H,30,33)/t24-,28-/m0/s1. The number of carbonyl (C=O) groups is 1. The van der Waals surface area contributed by atoms with Gasteiger partial charge >= 0.3 is 0 Å². The first kappa shape index (κ1) is 27.7. The van der Waals surface area contributed by atoms with Gasteiger partial charge in [0.25, 0.3) is 0 Å². The van der Waals surface area contributed by atoms with Crippen LogP contribution < -0.4 is 5.32 Å². The number of benzene rings is 2. The van der Waals surface area contributed by atoms with Gasteiger partial charge in [-0.15, -0.1) is 0 Å². The van der Waals surface area contributed by atoms with E-state index in [0.717, 1.165) is 24.0 Å². The van der Waals surface area contributed by atoms with Gasteiger partial charge in [-0.05, 0) is 75.4 Å². The summed E-state index contributed by atoms with van der Waals surface area (Å²) in [6.07, 6.45) is 2.22. The van der Waals surface area contributed by atoms with Crippen molar-refractivity contribution >= 4 is 21.6 Å². The molecule has 2 aromatic carbocycles. The number of hydrogen-bond donors (Lipinski definition) is 1. The highest BCUT2D eigenvalue weighted by Gasteiger charge is 2.47. The van der Waals surface area contributed by atoms with E-state index in [-0.39, 0.29) is 25.0 Å². The number of likely N-dealkylation sites (tertiary alicyclic amines) is 1. The maximum atomic E-state index is 13.8. The smallest absolute Gasteiger partial charge is 0.243 e. The van der Waals surface area contributed by atoms with Gasteiger partial charge in [0.15, 0.2) is 0 Å². The normalized spacial score (nSPS) is 23.5. The van der Waals surface area contributed by atoms with Crippen LogP contribution in [0.25, 0.3) is 0 Å². The molecule has 7 nitrogen and oxygen atoms in total. The number of nitrogens with zero attached hydrogens (tertiary/aromatic N) is 2. The largest absolute Gasteiger partial charge is 0.371 e. The second-order valence-electron chi connectivity index (χ2n) is 11.0. The lowest BCUT2D eigenvalue weighted by Crippen LogP contribution is -2.64. The van der Waals surface area contributed by atoms with Crippen LogP contribution in [-0.2, 0) is 19.6 Å². The summed E-state index contributed by atoms with van der Waals surface area (Å²) in [6, 6.07) is 11.1. The average Bonchev–Trinajstić information content (AvgIpc) is 2.83. The quantitative estimate of drug-likeness (QED) is 0.575. The second-order valence-corrected chi connectivity index (χ2v) is 12.9. The van der Waals surface area contributed by atoms with E-state index in [4.69, 9.17) is 4.74 Å². The molecule has 1 N–H and O–H groups in total. The highest BCUT2D eigenvalue weighted by atomic mass is 32.2. The number of carbonyl (C=O) groups excluding carboxylic acids is 1. The third-order valence-electron chi connectivity index (χ3n) is 7.26. The van der Waals surface area contributed by atoms with Crippen molar-refractivity contribution in [3.63, 3.8) is 0 Å². The summed E-state index contributed by atoms with van der Waals surface area (Å²) in [5.74, 6) is -0.321. The maximum absolute atomic E-state index is 13.8. The fourth-order valence-corrected chi connectivity index (χ4v) is 7.06.